The van der Waals surface area contributed by atoms with Gasteiger partial charge in [-0.3, -0.25) is 0 Å². The lowest BCUT2D eigenvalue weighted by molar-refractivity contribution is -0.151. The highest BCUT2D eigenvalue weighted by molar-refractivity contribution is 7.85. The van der Waals surface area contributed by atoms with Crippen molar-refractivity contribution in [2.75, 3.05) is 39.6 Å². The van der Waals surface area contributed by atoms with Gasteiger partial charge in [-0.1, -0.05) is 245 Å². The van der Waals surface area contributed by atoms with Crippen LogP contribution in [0.4, 0.5) is 14.4 Å². The van der Waals surface area contributed by atoms with Crippen LogP contribution in [0.25, 0.3) is 33.4 Å². The highest BCUT2D eigenvalue weighted by Crippen LogP contribution is 2.47. The molecule has 3 aliphatic carbocycles. The average Bonchev–Trinajstić information content (AvgIpc) is 1.63. The number of benzene rings is 9. The summed E-state index contributed by atoms with van der Waals surface area (Å²) in [4.78, 5) is 76.4. The molecule has 2 heterocycles. The second-order valence-corrected chi connectivity index (χ2v) is 25.9. The number of ether oxygens (including phenoxy) is 6. The van der Waals surface area contributed by atoms with Crippen molar-refractivity contribution in [3.8, 4) is 33.4 Å². The molecule has 9 aromatic carbocycles. The van der Waals surface area contributed by atoms with Crippen molar-refractivity contribution in [1.29, 1.82) is 0 Å². The fourth-order valence-electron chi connectivity index (χ4n) is 12.8. The molecule has 14 rings (SSSR count). The van der Waals surface area contributed by atoms with Crippen molar-refractivity contribution in [2.24, 2.45) is 0 Å². The van der Waals surface area contributed by atoms with Crippen molar-refractivity contribution in [3.63, 3.8) is 0 Å². The van der Waals surface area contributed by atoms with Crippen molar-refractivity contribution in [3.05, 3.63) is 287 Å². The number of nitrogens with zero attached hydrogens (tertiary/aromatic N) is 2. The van der Waals surface area contributed by atoms with Crippen molar-refractivity contribution >= 4 is 59.5 Å². The minimum Gasteiger partial charge on any atom is -0.560 e. The molecule has 5 aliphatic rings. The molecule has 2 saturated heterocycles. The van der Waals surface area contributed by atoms with Gasteiger partial charge in [0.2, 0.25) is 0 Å². The van der Waals surface area contributed by atoms with Gasteiger partial charge >= 0.3 is 36.2 Å². The van der Waals surface area contributed by atoms with E-state index in [1.807, 2.05) is 224 Å². The number of hydrogen-bond donors (Lipinski definition) is 2. The number of alkyl carbamates (subject to hydrolysis) is 1. The van der Waals surface area contributed by atoms with Gasteiger partial charge in [0.15, 0.2) is 12.1 Å². The summed E-state index contributed by atoms with van der Waals surface area (Å²) in [7, 11) is 0. The Hall–Kier alpha value is -10.3. The third-order valence-corrected chi connectivity index (χ3v) is 19.8. The zero-order chi connectivity index (χ0) is 69.3. The molecule has 9 aromatic rings. The molecule has 20 nitrogen and oxygen atoms in total. The third-order valence-electron chi connectivity index (χ3n) is 17.6. The molecule has 2 N–H and O–H groups in total. The van der Waals surface area contributed by atoms with E-state index < -0.39 is 77.6 Å². The normalized spacial score (nSPS) is 17.3. The van der Waals surface area contributed by atoms with Crippen LogP contribution in [-0.4, -0.2) is 117 Å². The number of carbonyl (C=O) groups excluding carboxylic acids is 6. The van der Waals surface area contributed by atoms with Gasteiger partial charge in [-0.05, 0) is 83.5 Å². The summed E-state index contributed by atoms with van der Waals surface area (Å²) in [5.41, 5.74) is 15.6. The molecule has 100 heavy (non-hydrogen) atoms. The summed E-state index contributed by atoms with van der Waals surface area (Å²) in [6, 6.07) is 72.7. The van der Waals surface area contributed by atoms with Crippen LogP contribution in [0.3, 0.4) is 0 Å². The first-order valence-corrected chi connectivity index (χ1v) is 34.7. The molecule has 0 saturated carbocycles. The lowest BCUT2D eigenvalue weighted by Crippen LogP contribution is -2.53. The average molecular weight is 1390 g/mol. The zero-order valence-electron chi connectivity index (χ0n) is 54.2. The van der Waals surface area contributed by atoms with E-state index in [1.54, 1.807) is 0 Å². The van der Waals surface area contributed by atoms with Crippen molar-refractivity contribution in [2.45, 2.75) is 75.0 Å². The second kappa shape index (κ2) is 33.5. The van der Waals surface area contributed by atoms with Crippen molar-refractivity contribution < 1.29 is 79.8 Å². The summed E-state index contributed by atoms with van der Waals surface area (Å²) in [5, 5.41) is 11.8. The predicted octanol–water partition coefficient (Wildman–Crippen LogP) is 12.7. The highest BCUT2D eigenvalue weighted by Gasteiger charge is 2.48. The van der Waals surface area contributed by atoms with Gasteiger partial charge in [0.05, 0.1) is 0 Å². The summed E-state index contributed by atoms with van der Waals surface area (Å²) < 4.78 is 69.7. The van der Waals surface area contributed by atoms with Crippen LogP contribution in [0.5, 0.6) is 0 Å². The molecule has 512 valence electrons. The molecule has 22 heteroatoms. The molecular weight excluding hydrogens is 1310 g/mol. The van der Waals surface area contributed by atoms with Crippen LogP contribution in [0, 0.1) is 0 Å². The lowest BCUT2D eigenvalue weighted by Gasteiger charge is -2.31. The fraction of sp³-hybridized carbons (Fsp3) is 0.231. The fourth-order valence-corrected chi connectivity index (χ4v) is 14.6. The number of carbonyl (C=O) groups is 6. The van der Waals surface area contributed by atoms with E-state index in [-0.39, 0.29) is 96.5 Å². The van der Waals surface area contributed by atoms with E-state index in [9.17, 15) is 43.0 Å². The SMILES string of the molecule is O=C(N[C@@H](CCO)C(=O)OCc1ccccc1)OCC1c2ccccc2-c2ccccc21.O=C(OCc1ccccc1)[C@@H]1CCO[S+]([O-])N1C(=O)OCC1c2ccccc2-c2ccccc21.O=C(OCc1ccccc1)[C@@H]1CCO[S+]([O-])N1C(=O)OCC1c2ccccc2-c2ccccc21. The summed E-state index contributed by atoms with van der Waals surface area (Å²) in [6.07, 6.45) is -2.09. The minimum absolute atomic E-state index is 0.0395. The number of aliphatic hydroxyl groups excluding tert-OH is 1. The van der Waals surface area contributed by atoms with Gasteiger partial charge < -0.3 is 47.9 Å². The highest BCUT2D eigenvalue weighted by atomic mass is 32.2. The van der Waals surface area contributed by atoms with E-state index in [4.69, 9.17) is 36.8 Å². The van der Waals surface area contributed by atoms with Crippen LogP contribution in [-0.2, 0) is 94.3 Å². The van der Waals surface area contributed by atoms with E-state index in [2.05, 4.69) is 17.4 Å². The molecule has 3 amide bonds. The van der Waals surface area contributed by atoms with Crippen LogP contribution < -0.4 is 5.32 Å². The molecule has 0 radical (unpaired) electrons. The second-order valence-electron chi connectivity index (χ2n) is 23.8. The predicted molar refractivity (Wildman–Crippen MR) is 371 cm³/mol. The molecule has 5 atom stereocenters. The Morgan fingerprint density at radius 1 is 0.410 bits per heavy atom. The third kappa shape index (κ3) is 16.4. The zero-order valence-corrected chi connectivity index (χ0v) is 55.8. The maximum atomic E-state index is 13.0. The van der Waals surface area contributed by atoms with Crippen LogP contribution in [0.2, 0.25) is 0 Å². The van der Waals surface area contributed by atoms with E-state index >= 15 is 0 Å². The number of nitrogens with one attached hydrogen (secondary N) is 1. The maximum absolute atomic E-state index is 13.0. The minimum atomic E-state index is -2.14. The lowest BCUT2D eigenvalue weighted by atomic mass is 9.98. The van der Waals surface area contributed by atoms with E-state index in [1.165, 1.54) is 0 Å². The van der Waals surface area contributed by atoms with Gasteiger partial charge in [-0.2, -0.15) is 0 Å². The first-order chi connectivity index (χ1) is 48.9. The number of esters is 3. The Bertz CT molecular complexity index is 4000. The number of amides is 3. The smallest absolute Gasteiger partial charge is 0.455 e. The molecule has 0 spiro atoms. The molecular formula is C78H71N3O17S2. The molecule has 2 fully saturated rings. The van der Waals surface area contributed by atoms with Crippen LogP contribution >= 0.6 is 0 Å². The standard InChI is InChI=1S/2C26H23NO6S.C26H25NO5/c2*28-25(31-16-18-8-2-1-3-9-18)24-14-15-33-34(30)27(24)26(29)32-17-23-21-12-6-4-10-19(21)20-11-5-7-13-22(20)23;28-15-14-24(25(29)31-16-18-8-2-1-3-9-18)27-26(30)32-17-23-21-12-6-4-10-19(21)20-11-5-7-13-22(20)23/h2*1-13,23-24H,14-17H2;1-13,23-24,28H,14-17H2,(H,27,30)/t2*24-,34?;24-/m000/s1. The molecule has 0 bridgehead atoms. The van der Waals surface area contributed by atoms with E-state index in [0.29, 0.717) is 0 Å². The maximum Gasteiger partial charge on any atom is 0.455 e. The van der Waals surface area contributed by atoms with Gasteiger partial charge in [0.1, 0.15) is 58.9 Å². The quantitative estimate of drug-likeness (QED) is 0.0459. The van der Waals surface area contributed by atoms with Gasteiger partial charge in [-0.15, -0.1) is 8.37 Å². The number of hydrogen-bond acceptors (Lipinski definition) is 17. The Labute approximate surface area is 584 Å². The number of rotatable bonds is 18. The first kappa shape index (κ1) is 69.6. The molecule has 2 aliphatic heterocycles. The number of fused-ring (bicyclic) bond motifs is 9. The molecule has 2 unspecified atom stereocenters. The Balaban J connectivity index is 0.000000142. The Morgan fingerprint density at radius 2 is 0.700 bits per heavy atom. The van der Waals surface area contributed by atoms with Gasteiger partial charge in [-0.25, -0.2) is 28.8 Å². The summed E-state index contributed by atoms with van der Waals surface area (Å²) in [6.45, 7) is 0.326. The Morgan fingerprint density at radius 3 is 1.02 bits per heavy atom. The van der Waals surface area contributed by atoms with Crippen molar-refractivity contribution in [1.82, 2.24) is 13.9 Å². The first-order valence-electron chi connectivity index (χ1n) is 32.7. The van der Waals surface area contributed by atoms with Gasteiger partial charge in [0.25, 0.3) is 23.3 Å². The summed E-state index contributed by atoms with van der Waals surface area (Å²) in [5.74, 6) is -2.29. The molecule has 0 aromatic heterocycles. The van der Waals surface area contributed by atoms with Gasteiger partial charge in [0, 0.05) is 43.6 Å². The monoisotopic (exact) mass is 1390 g/mol. The van der Waals surface area contributed by atoms with E-state index in [0.717, 1.165) is 92.1 Å². The topological polar surface area (TPSA) is 261 Å². The van der Waals surface area contributed by atoms with Crippen LogP contribution in [0.15, 0.2) is 237 Å². The Kier molecular flexibility index (Phi) is 23.3. The van der Waals surface area contributed by atoms with Crippen LogP contribution in [0.1, 0.15) is 87.1 Å². The summed E-state index contributed by atoms with van der Waals surface area (Å²) >= 11 is -4.28. The number of aliphatic hydroxyl groups is 1. The largest absolute Gasteiger partial charge is 0.560 e.